The molecule has 3 rings (SSSR count). The number of hydrogen-bond acceptors (Lipinski definition) is 3. The summed E-state index contributed by atoms with van der Waals surface area (Å²) in [5, 5.41) is 4.54. The fraction of sp³-hybridized carbons (Fsp3) is 0.812. The summed E-state index contributed by atoms with van der Waals surface area (Å²) in [6, 6.07) is 1.47. The summed E-state index contributed by atoms with van der Waals surface area (Å²) in [4.78, 5) is 5.35. The molecular weight excluding hydrogens is 248 g/mol. The van der Waals surface area contributed by atoms with E-state index in [0.29, 0.717) is 6.04 Å². The van der Waals surface area contributed by atoms with Crippen molar-refractivity contribution >= 4 is 0 Å². The highest BCUT2D eigenvalue weighted by atomic mass is 15.3. The minimum atomic E-state index is 0.665. The smallest absolute Gasteiger partial charge is 0.0537 e. The average molecular weight is 276 g/mol. The van der Waals surface area contributed by atoms with Gasteiger partial charge in [-0.2, -0.15) is 5.10 Å². The molecule has 3 heterocycles. The van der Waals surface area contributed by atoms with E-state index in [-0.39, 0.29) is 0 Å². The first-order chi connectivity index (χ1) is 9.69. The first kappa shape index (κ1) is 14.1. The van der Waals surface area contributed by atoms with Crippen molar-refractivity contribution in [1.29, 1.82) is 0 Å². The largest absolute Gasteiger partial charge is 0.298 e. The molecule has 2 aliphatic rings. The Morgan fingerprint density at radius 1 is 1.35 bits per heavy atom. The molecule has 2 atom stereocenters. The number of fused-ring (bicyclic) bond motifs is 1. The summed E-state index contributed by atoms with van der Waals surface area (Å²) in [7, 11) is 0. The number of aryl methyl sites for hydroxylation is 1. The van der Waals surface area contributed by atoms with Crippen molar-refractivity contribution in [3.8, 4) is 0 Å². The molecule has 1 aromatic heterocycles. The highest BCUT2D eigenvalue weighted by Gasteiger charge is 2.34. The number of nitrogens with zero attached hydrogens (tertiary/aromatic N) is 4. The van der Waals surface area contributed by atoms with E-state index in [0.717, 1.165) is 25.6 Å². The molecule has 1 aromatic rings. The van der Waals surface area contributed by atoms with Gasteiger partial charge in [0, 0.05) is 49.5 Å². The molecule has 2 aliphatic heterocycles. The fourth-order valence-corrected chi connectivity index (χ4v) is 3.76. The van der Waals surface area contributed by atoms with E-state index in [2.05, 4.69) is 46.5 Å². The maximum absolute atomic E-state index is 4.54. The Kier molecular flexibility index (Phi) is 4.13. The Labute approximate surface area is 122 Å². The van der Waals surface area contributed by atoms with Crippen LogP contribution in [-0.4, -0.2) is 51.3 Å². The number of aromatic nitrogens is 2. The van der Waals surface area contributed by atoms with Crippen molar-refractivity contribution in [2.75, 3.05) is 19.6 Å². The highest BCUT2D eigenvalue weighted by molar-refractivity contribution is 5.16. The predicted molar refractivity (Wildman–Crippen MR) is 81.7 cm³/mol. The summed E-state index contributed by atoms with van der Waals surface area (Å²) >= 11 is 0. The van der Waals surface area contributed by atoms with Crippen molar-refractivity contribution in [2.45, 2.75) is 65.2 Å². The lowest BCUT2D eigenvalue weighted by molar-refractivity contribution is 0.0539. The predicted octanol–water partition coefficient (Wildman–Crippen LogP) is 2.27. The van der Waals surface area contributed by atoms with Gasteiger partial charge in [0.2, 0.25) is 0 Å². The Bertz CT molecular complexity index is 453. The van der Waals surface area contributed by atoms with Gasteiger partial charge in [-0.1, -0.05) is 6.92 Å². The maximum atomic E-state index is 4.54. The van der Waals surface area contributed by atoms with Crippen LogP contribution in [0.5, 0.6) is 0 Å². The van der Waals surface area contributed by atoms with Gasteiger partial charge >= 0.3 is 0 Å². The first-order valence-corrected chi connectivity index (χ1v) is 8.18. The van der Waals surface area contributed by atoms with Crippen LogP contribution < -0.4 is 0 Å². The van der Waals surface area contributed by atoms with Crippen LogP contribution in [0.4, 0.5) is 0 Å². The van der Waals surface area contributed by atoms with Gasteiger partial charge in [-0.25, -0.2) is 0 Å². The average Bonchev–Trinajstić information content (AvgIpc) is 3.00. The quantitative estimate of drug-likeness (QED) is 0.843. The van der Waals surface area contributed by atoms with E-state index in [1.807, 2.05) is 0 Å². The Morgan fingerprint density at radius 3 is 3.00 bits per heavy atom. The minimum absolute atomic E-state index is 0.665. The normalized spacial score (nSPS) is 27.9. The Balaban J connectivity index is 1.67. The van der Waals surface area contributed by atoms with E-state index in [9.17, 15) is 0 Å². The van der Waals surface area contributed by atoms with Crippen LogP contribution in [-0.2, 0) is 13.1 Å². The molecule has 0 bridgehead atoms. The van der Waals surface area contributed by atoms with Gasteiger partial charge in [-0.15, -0.1) is 0 Å². The fourth-order valence-electron chi connectivity index (χ4n) is 3.76. The number of hydrogen-bond donors (Lipinski definition) is 0. The number of piperazine rings is 1. The maximum Gasteiger partial charge on any atom is 0.0537 e. The zero-order valence-electron chi connectivity index (χ0n) is 13.2. The second-order valence-corrected chi connectivity index (χ2v) is 6.55. The summed E-state index contributed by atoms with van der Waals surface area (Å²) in [5.74, 6) is 0. The summed E-state index contributed by atoms with van der Waals surface area (Å²) in [6.45, 7) is 12.7. The van der Waals surface area contributed by atoms with Gasteiger partial charge in [-0.05, 0) is 39.7 Å². The molecule has 112 valence electrons. The second-order valence-electron chi connectivity index (χ2n) is 6.55. The monoisotopic (exact) mass is 276 g/mol. The van der Waals surface area contributed by atoms with Crippen molar-refractivity contribution in [3.63, 3.8) is 0 Å². The van der Waals surface area contributed by atoms with Crippen molar-refractivity contribution in [2.24, 2.45) is 0 Å². The van der Waals surface area contributed by atoms with Crippen LogP contribution in [0.1, 0.15) is 44.4 Å². The molecular formula is C16H28N4. The topological polar surface area (TPSA) is 24.3 Å². The van der Waals surface area contributed by atoms with Gasteiger partial charge in [0.1, 0.15) is 0 Å². The van der Waals surface area contributed by atoms with Crippen LogP contribution in [0.25, 0.3) is 0 Å². The Morgan fingerprint density at radius 2 is 2.20 bits per heavy atom. The van der Waals surface area contributed by atoms with Crippen LogP contribution in [0.2, 0.25) is 0 Å². The molecule has 4 heteroatoms. The van der Waals surface area contributed by atoms with Gasteiger partial charge in [0.05, 0.1) is 6.20 Å². The van der Waals surface area contributed by atoms with Gasteiger partial charge in [-0.3, -0.25) is 14.5 Å². The van der Waals surface area contributed by atoms with E-state index in [1.54, 1.807) is 0 Å². The summed E-state index contributed by atoms with van der Waals surface area (Å²) in [5.41, 5.74) is 2.77. The molecule has 0 saturated carbocycles. The van der Waals surface area contributed by atoms with E-state index >= 15 is 0 Å². The van der Waals surface area contributed by atoms with Crippen LogP contribution >= 0.6 is 0 Å². The molecule has 0 aromatic carbocycles. The standard InChI is InChI=1S/C16H28N4/c1-4-7-20-14(3)15(9-17-20)11-19-12-16-6-5-8-18(16)10-13(19)2/h9,13,16H,4-8,10-12H2,1-3H3/t13-,16?/m0/s1. The van der Waals surface area contributed by atoms with Gasteiger partial charge in [0.25, 0.3) is 0 Å². The summed E-state index contributed by atoms with van der Waals surface area (Å²) < 4.78 is 2.16. The molecule has 2 fully saturated rings. The Hall–Kier alpha value is -0.870. The molecule has 0 aliphatic carbocycles. The molecule has 0 radical (unpaired) electrons. The molecule has 0 N–H and O–H groups in total. The molecule has 4 nitrogen and oxygen atoms in total. The third kappa shape index (κ3) is 2.63. The zero-order valence-corrected chi connectivity index (χ0v) is 13.2. The van der Waals surface area contributed by atoms with Crippen LogP contribution in [0.15, 0.2) is 6.20 Å². The molecule has 20 heavy (non-hydrogen) atoms. The highest BCUT2D eigenvalue weighted by Crippen LogP contribution is 2.26. The molecule has 0 amide bonds. The third-order valence-corrected chi connectivity index (χ3v) is 5.08. The zero-order chi connectivity index (χ0) is 14.1. The number of rotatable bonds is 4. The van der Waals surface area contributed by atoms with E-state index < -0.39 is 0 Å². The third-order valence-electron chi connectivity index (χ3n) is 5.08. The van der Waals surface area contributed by atoms with E-state index in [4.69, 9.17) is 0 Å². The first-order valence-electron chi connectivity index (χ1n) is 8.18. The van der Waals surface area contributed by atoms with Crippen LogP contribution in [0, 0.1) is 6.92 Å². The summed E-state index contributed by atoms with van der Waals surface area (Å²) in [6.07, 6.45) is 6.01. The van der Waals surface area contributed by atoms with Crippen molar-refractivity contribution in [1.82, 2.24) is 19.6 Å². The molecule has 1 unspecified atom stereocenters. The molecule has 2 saturated heterocycles. The molecule has 0 spiro atoms. The van der Waals surface area contributed by atoms with Crippen molar-refractivity contribution in [3.05, 3.63) is 17.5 Å². The minimum Gasteiger partial charge on any atom is -0.298 e. The lowest BCUT2D eigenvalue weighted by Gasteiger charge is -2.42. The SMILES string of the molecule is CCCn1ncc(CN2CC3CCCN3C[C@@H]2C)c1C. The lowest BCUT2D eigenvalue weighted by atomic mass is 10.1. The van der Waals surface area contributed by atoms with Crippen molar-refractivity contribution < 1.29 is 0 Å². The lowest BCUT2D eigenvalue weighted by Crippen LogP contribution is -2.54. The van der Waals surface area contributed by atoms with E-state index in [1.165, 1.54) is 43.7 Å². The van der Waals surface area contributed by atoms with Gasteiger partial charge < -0.3 is 0 Å². The van der Waals surface area contributed by atoms with Crippen LogP contribution in [0.3, 0.4) is 0 Å². The van der Waals surface area contributed by atoms with Gasteiger partial charge in [0.15, 0.2) is 0 Å². The second kappa shape index (κ2) is 5.86.